The smallest absolute Gasteiger partial charge is 0.128 e. The van der Waals surface area contributed by atoms with Gasteiger partial charge in [0.05, 0.1) is 6.04 Å². The number of aromatic hydroxyl groups is 2. The van der Waals surface area contributed by atoms with E-state index in [0.717, 1.165) is 0 Å². The van der Waals surface area contributed by atoms with Crippen molar-refractivity contribution in [3.8, 4) is 11.5 Å². The minimum absolute atomic E-state index is 0.00702. The molecule has 19 heavy (non-hydrogen) atoms. The highest BCUT2D eigenvalue weighted by Crippen LogP contribution is 2.30. The molecular formula is C15H16FNO2. The molecule has 2 aromatic rings. The van der Waals surface area contributed by atoms with E-state index in [4.69, 9.17) is 0 Å². The van der Waals surface area contributed by atoms with Gasteiger partial charge in [-0.15, -0.1) is 0 Å². The lowest BCUT2D eigenvalue weighted by Crippen LogP contribution is -2.07. The van der Waals surface area contributed by atoms with Crippen LogP contribution >= 0.6 is 0 Å². The van der Waals surface area contributed by atoms with Gasteiger partial charge in [-0.2, -0.15) is 0 Å². The van der Waals surface area contributed by atoms with Gasteiger partial charge >= 0.3 is 0 Å². The first kappa shape index (κ1) is 13.2. The van der Waals surface area contributed by atoms with Gasteiger partial charge in [-0.05, 0) is 43.7 Å². The molecule has 4 heteroatoms. The molecule has 0 saturated carbocycles. The molecule has 3 N–H and O–H groups in total. The topological polar surface area (TPSA) is 52.5 Å². The van der Waals surface area contributed by atoms with Crippen LogP contribution in [0.2, 0.25) is 0 Å². The van der Waals surface area contributed by atoms with Crippen LogP contribution in [0.1, 0.15) is 24.1 Å². The second kappa shape index (κ2) is 5.18. The van der Waals surface area contributed by atoms with Crippen molar-refractivity contribution in [2.75, 3.05) is 5.32 Å². The number of hydrogen-bond donors (Lipinski definition) is 3. The zero-order chi connectivity index (χ0) is 14.0. The Morgan fingerprint density at radius 1 is 1.11 bits per heavy atom. The van der Waals surface area contributed by atoms with E-state index in [0.29, 0.717) is 16.8 Å². The number of anilines is 1. The second-order valence-corrected chi connectivity index (χ2v) is 4.57. The van der Waals surface area contributed by atoms with Crippen LogP contribution in [0.15, 0.2) is 36.4 Å². The highest BCUT2D eigenvalue weighted by Gasteiger charge is 2.11. The summed E-state index contributed by atoms with van der Waals surface area (Å²) in [5, 5.41) is 22.1. The van der Waals surface area contributed by atoms with Crippen LogP contribution in [-0.4, -0.2) is 10.2 Å². The Morgan fingerprint density at radius 2 is 1.84 bits per heavy atom. The molecule has 0 amide bonds. The Kier molecular flexibility index (Phi) is 3.60. The van der Waals surface area contributed by atoms with Gasteiger partial charge in [-0.25, -0.2) is 4.39 Å². The molecule has 0 aliphatic carbocycles. The summed E-state index contributed by atoms with van der Waals surface area (Å²) < 4.78 is 13.4. The molecule has 2 rings (SSSR count). The number of nitrogens with one attached hydrogen (secondary N) is 1. The highest BCUT2D eigenvalue weighted by molar-refractivity contribution is 5.49. The van der Waals surface area contributed by atoms with E-state index in [1.807, 2.05) is 6.92 Å². The Bertz CT molecular complexity index is 599. The van der Waals surface area contributed by atoms with Gasteiger partial charge in [0.1, 0.15) is 17.3 Å². The number of aryl methyl sites for hydroxylation is 1. The fourth-order valence-corrected chi connectivity index (χ4v) is 1.91. The summed E-state index contributed by atoms with van der Waals surface area (Å²) in [4.78, 5) is 0. The lowest BCUT2D eigenvalue weighted by atomic mass is 10.1. The van der Waals surface area contributed by atoms with Crippen LogP contribution in [-0.2, 0) is 0 Å². The summed E-state index contributed by atoms with van der Waals surface area (Å²) in [5.41, 5.74) is 1.87. The summed E-state index contributed by atoms with van der Waals surface area (Å²) in [6, 6.07) is 9.11. The maximum atomic E-state index is 13.4. The predicted octanol–water partition coefficient (Wildman–Crippen LogP) is 3.72. The van der Waals surface area contributed by atoms with E-state index in [9.17, 15) is 14.6 Å². The van der Waals surface area contributed by atoms with E-state index in [-0.39, 0.29) is 23.4 Å². The summed E-state index contributed by atoms with van der Waals surface area (Å²) >= 11 is 0. The Labute approximate surface area is 111 Å². The molecule has 0 aromatic heterocycles. The fourth-order valence-electron chi connectivity index (χ4n) is 1.91. The zero-order valence-corrected chi connectivity index (χ0v) is 10.8. The van der Waals surface area contributed by atoms with Gasteiger partial charge in [-0.3, -0.25) is 0 Å². The molecule has 0 radical (unpaired) electrons. The summed E-state index contributed by atoms with van der Waals surface area (Å²) in [7, 11) is 0. The molecule has 2 aromatic carbocycles. The summed E-state index contributed by atoms with van der Waals surface area (Å²) in [6.07, 6.45) is 0. The minimum Gasteiger partial charge on any atom is -0.508 e. The first-order chi connectivity index (χ1) is 8.97. The van der Waals surface area contributed by atoms with Crippen molar-refractivity contribution in [1.29, 1.82) is 0 Å². The third-order valence-corrected chi connectivity index (χ3v) is 3.04. The lowest BCUT2D eigenvalue weighted by molar-refractivity contribution is 0.444. The van der Waals surface area contributed by atoms with Gasteiger partial charge < -0.3 is 15.5 Å². The third-order valence-electron chi connectivity index (χ3n) is 3.04. The largest absolute Gasteiger partial charge is 0.508 e. The molecule has 0 aliphatic rings. The quantitative estimate of drug-likeness (QED) is 0.789. The normalized spacial score (nSPS) is 12.2. The van der Waals surface area contributed by atoms with Crippen LogP contribution in [0, 0.1) is 12.7 Å². The van der Waals surface area contributed by atoms with Crippen molar-refractivity contribution >= 4 is 5.69 Å². The van der Waals surface area contributed by atoms with Gasteiger partial charge in [-0.1, -0.05) is 6.07 Å². The predicted molar refractivity (Wildman–Crippen MR) is 72.9 cm³/mol. The molecule has 0 saturated heterocycles. The standard InChI is InChI=1S/C15H16FNO2/c1-9-3-4-11(7-14(9)16)17-10(2)13-6-5-12(18)8-15(13)19/h3-8,10,17-19H,1-2H3. The van der Waals surface area contributed by atoms with Gasteiger partial charge in [0.15, 0.2) is 0 Å². The van der Waals surface area contributed by atoms with Crippen LogP contribution in [0.5, 0.6) is 11.5 Å². The second-order valence-electron chi connectivity index (χ2n) is 4.57. The van der Waals surface area contributed by atoms with Crippen molar-refractivity contribution in [2.45, 2.75) is 19.9 Å². The van der Waals surface area contributed by atoms with E-state index in [1.54, 1.807) is 25.1 Å². The number of benzene rings is 2. The van der Waals surface area contributed by atoms with E-state index in [2.05, 4.69) is 5.32 Å². The molecule has 1 atom stereocenters. The van der Waals surface area contributed by atoms with Crippen molar-refractivity contribution in [3.63, 3.8) is 0 Å². The van der Waals surface area contributed by atoms with Crippen molar-refractivity contribution in [1.82, 2.24) is 0 Å². The highest BCUT2D eigenvalue weighted by atomic mass is 19.1. The van der Waals surface area contributed by atoms with Gasteiger partial charge in [0.2, 0.25) is 0 Å². The lowest BCUT2D eigenvalue weighted by Gasteiger charge is -2.17. The van der Waals surface area contributed by atoms with Crippen LogP contribution in [0.4, 0.5) is 10.1 Å². The number of halogens is 1. The van der Waals surface area contributed by atoms with Gasteiger partial charge in [0.25, 0.3) is 0 Å². The van der Waals surface area contributed by atoms with Crippen LogP contribution in [0.3, 0.4) is 0 Å². The molecule has 100 valence electrons. The number of rotatable bonds is 3. The third kappa shape index (κ3) is 2.96. The monoisotopic (exact) mass is 261 g/mol. The molecule has 0 spiro atoms. The van der Waals surface area contributed by atoms with Crippen LogP contribution < -0.4 is 5.32 Å². The molecule has 0 bridgehead atoms. The first-order valence-electron chi connectivity index (χ1n) is 6.02. The Morgan fingerprint density at radius 3 is 2.47 bits per heavy atom. The number of phenolic OH excluding ortho intramolecular Hbond substituents is 2. The molecule has 0 aliphatic heterocycles. The number of phenols is 2. The fraction of sp³-hybridized carbons (Fsp3) is 0.200. The van der Waals surface area contributed by atoms with E-state index < -0.39 is 0 Å². The van der Waals surface area contributed by atoms with Crippen molar-refractivity contribution in [3.05, 3.63) is 53.3 Å². The van der Waals surface area contributed by atoms with E-state index in [1.165, 1.54) is 18.2 Å². The average Bonchev–Trinajstić information content (AvgIpc) is 2.33. The first-order valence-corrected chi connectivity index (χ1v) is 6.02. The Balaban J connectivity index is 2.20. The number of hydrogen-bond acceptors (Lipinski definition) is 3. The molecule has 0 heterocycles. The zero-order valence-electron chi connectivity index (χ0n) is 10.8. The molecular weight excluding hydrogens is 245 g/mol. The minimum atomic E-state index is -0.271. The summed E-state index contributed by atoms with van der Waals surface area (Å²) in [5.74, 6) is -0.255. The molecule has 0 fully saturated rings. The SMILES string of the molecule is Cc1ccc(NC(C)c2ccc(O)cc2O)cc1F. The maximum absolute atomic E-state index is 13.4. The summed E-state index contributed by atoms with van der Waals surface area (Å²) in [6.45, 7) is 3.55. The molecule has 1 unspecified atom stereocenters. The average molecular weight is 261 g/mol. The van der Waals surface area contributed by atoms with Crippen LogP contribution in [0.25, 0.3) is 0 Å². The molecule has 3 nitrogen and oxygen atoms in total. The van der Waals surface area contributed by atoms with Crippen molar-refractivity contribution in [2.24, 2.45) is 0 Å². The van der Waals surface area contributed by atoms with E-state index >= 15 is 0 Å². The Hall–Kier alpha value is -2.23. The van der Waals surface area contributed by atoms with Gasteiger partial charge in [0, 0.05) is 17.3 Å². The maximum Gasteiger partial charge on any atom is 0.128 e. The van der Waals surface area contributed by atoms with Crippen molar-refractivity contribution < 1.29 is 14.6 Å².